The Labute approximate surface area is 191 Å². The maximum Gasteiger partial charge on any atom is 0.293 e. The maximum absolute atomic E-state index is 15.1. The van der Waals surface area contributed by atoms with Gasteiger partial charge < -0.3 is 24.4 Å². The van der Waals surface area contributed by atoms with Crippen molar-refractivity contribution in [3.05, 3.63) is 23.1 Å². The maximum atomic E-state index is 15.1. The third-order valence-corrected chi connectivity index (χ3v) is 5.75. The molecule has 1 amide bonds. The molecule has 3 rings (SSSR count). The van der Waals surface area contributed by atoms with E-state index in [0.29, 0.717) is 19.4 Å². The number of likely N-dealkylation sites (N-methyl/N-ethyl adjacent to an activating group) is 1. The standard InChI is InChI=1S/C22H29F3N4O4/c1-12(27-13(2)30)10-31-15-4-6-16(7-5-15)33-22-28-20-14(9-26)8-17(32-11-18(23)24)19(25)21(20)29(22)3/h8,12,15-16,18-19,21H,4-7,10-11H2,1-3H3,(H,27,30)/t12-,15-,16-,19?,21?/m0/s1. The molecular formula is C22H29F3N4O4. The zero-order chi connectivity index (χ0) is 24.1. The highest BCUT2D eigenvalue weighted by molar-refractivity contribution is 5.80. The predicted molar refractivity (Wildman–Crippen MR) is 113 cm³/mol. The molecule has 11 heteroatoms. The van der Waals surface area contributed by atoms with Crippen LogP contribution < -0.4 is 5.32 Å². The largest absolute Gasteiger partial charge is 0.489 e. The number of allylic oxidation sites excluding steroid dienone is 2. The molecule has 33 heavy (non-hydrogen) atoms. The van der Waals surface area contributed by atoms with Crippen LogP contribution in [0, 0.1) is 11.3 Å². The monoisotopic (exact) mass is 470 g/mol. The van der Waals surface area contributed by atoms with E-state index in [1.807, 2.05) is 13.0 Å². The molecule has 1 heterocycles. The summed E-state index contributed by atoms with van der Waals surface area (Å²) in [5, 5.41) is 12.2. The molecule has 1 aliphatic heterocycles. The van der Waals surface area contributed by atoms with Crippen molar-refractivity contribution in [3.63, 3.8) is 0 Å². The number of carbonyl (C=O) groups excluding carboxylic acids is 1. The number of hydrogen-bond donors (Lipinski definition) is 1. The molecule has 182 valence electrons. The van der Waals surface area contributed by atoms with Crippen molar-refractivity contribution >= 4 is 11.9 Å². The molecule has 0 saturated heterocycles. The minimum Gasteiger partial charge on any atom is -0.489 e. The fourth-order valence-electron chi connectivity index (χ4n) is 4.17. The van der Waals surface area contributed by atoms with Crippen LogP contribution in [-0.4, -0.2) is 74.0 Å². The molecule has 0 bridgehead atoms. The van der Waals surface area contributed by atoms with Gasteiger partial charge in [0.05, 0.1) is 24.0 Å². The van der Waals surface area contributed by atoms with Crippen LogP contribution in [0.5, 0.6) is 0 Å². The molecule has 0 spiro atoms. The Morgan fingerprint density at radius 2 is 1.97 bits per heavy atom. The van der Waals surface area contributed by atoms with E-state index in [1.54, 1.807) is 7.05 Å². The lowest BCUT2D eigenvalue weighted by Gasteiger charge is -2.33. The number of fused-ring (bicyclic) bond motifs is 1. The molecule has 0 radical (unpaired) electrons. The normalized spacial score (nSPS) is 28.0. The van der Waals surface area contributed by atoms with Gasteiger partial charge in [-0.1, -0.05) is 0 Å². The van der Waals surface area contributed by atoms with E-state index in [2.05, 4.69) is 10.3 Å². The summed E-state index contributed by atoms with van der Waals surface area (Å²) >= 11 is 0. The molecule has 2 unspecified atom stereocenters. The van der Waals surface area contributed by atoms with Gasteiger partial charge in [0.2, 0.25) is 5.91 Å². The van der Waals surface area contributed by atoms with Gasteiger partial charge in [-0.25, -0.2) is 13.2 Å². The quantitative estimate of drug-likeness (QED) is 0.586. The second-order valence-corrected chi connectivity index (χ2v) is 8.46. The smallest absolute Gasteiger partial charge is 0.293 e. The molecular weight excluding hydrogens is 441 g/mol. The van der Waals surface area contributed by atoms with Crippen molar-refractivity contribution < 1.29 is 32.2 Å². The number of nitrogens with zero attached hydrogens (tertiary/aromatic N) is 3. The first-order chi connectivity index (χ1) is 15.7. The minimum atomic E-state index is -2.75. The van der Waals surface area contributed by atoms with Gasteiger partial charge in [-0.3, -0.25) is 4.79 Å². The summed E-state index contributed by atoms with van der Waals surface area (Å²) in [4.78, 5) is 16.9. The average molecular weight is 470 g/mol. The van der Waals surface area contributed by atoms with Crippen molar-refractivity contribution in [1.82, 2.24) is 10.2 Å². The third kappa shape index (κ3) is 6.19. The van der Waals surface area contributed by atoms with Crippen molar-refractivity contribution in [2.24, 2.45) is 4.99 Å². The summed E-state index contributed by atoms with van der Waals surface area (Å²) in [5.74, 6) is -0.409. The van der Waals surface area contributed by atoms with Crippen LogP contribution in [0.2, 0.25) is 0 Å². The molecule has 1 N–H and O–H groups in total. The van der Waals surface area contributed by atoms with Crippen LogP contribution in [0.3, 0.4) is 0 Å². The Morgan fingerprint density at radius 3 is 2.58 bits per heavy atom. The molecule has 8 nitrogen and oxygen atoms in total. The summed E-state index contributed by atoms with van der Waals surface area (Å²) in [5.41, 5.74) is 0.268. The van der Waals surface area contributed by atoms with E-state index in [1.165, 1.54) is 11.8 Å². The van der Waals surface area contributed by atoms with E-state index in [9.17, 15) is 18.8 Å². The summed E-state index contributed by atoms with van der Waals surface area (Å²) in [6.07, 6.45) is -0.504. The lowest BCUT2D eigenvalue weighted by atomic mass is 9.95. The van der Waals surface area contributed by atoms with Gasteiger partial charge >= 0.3 is 0 Å². The van der Waals surface area contributed by atoms with Crippen LogP contribution in [0.1, 0.15) is 39.5 Å². The van der Waals surface area contributed by atoms with Gasteiger partial charge in [0.25, 0.3) is 12.4 Å². The Hall–Kier alpha value is -2.74. The third-order valence-electron chi connectivity index (χ3n) is 5.75. The molecule has 1 saturated carbocycles. The highest BCUT2D eigenvalue weighted by Crippen LogP contribution is 2.36. The van der Waals surface area contributed by atoms with Gasteiger partial charge in [-0.05, 0) is 38.7 Å². The van der Waals surface area contributed by atoms with E-state index in [0.717, 1.165) is 18.9 Å². The highest BCUT2D eigenvalue weighted by Gasteiger charge is 2.44. The molecule has 3 aliphatic rings. The summed E-state index contributed by atoms with van der Waals surface area (Å²) < 4.78 is 56.9. The van der Waals surface area contributed by atoms with Gasteiger partial charge in [0, 0.05) is 20.0 Å². The highest BCUT2D eigenvalue weighted by atomic mass is 19.3. The van der Waals surface area contributed by atoms with Crippen molar-refractivity contribution in [1.29, 1.82) is 5.26 Å². The van der Waals surface area contributed by atoms with E-state index in [4.69, 9.17) is 14.2 Å². The molecule has 0 aromatic heterocycles. The Morgan fingerprint density at radius 1 is 1.30 bits per heavy atom. The number of rotatable bonds is 8. The molecule has 0 aromatic carbocycles. The molecule has 3 atom stereocenters. The van der Waals surface area contributed by atoms with Crippen LogP contribution >= 0.6 is 0 Å². The van der Waals surface area contributed by atoms with Crippen molar-refractivity contribution in [2.75, 3.05) is 20.3 Å². The first kappa shape index (κ1) is 24.9. The van der Waals surface area contributed by atoms with Crippen LogP contribution in [0.4, 0.5) is 13.2 Å². The first-order valence-electron chi connectivity index (χ1n) is 11.0. The Balaban J connectivity index is 1.57. The number of amides is 1. The molecule has 0 aromatic rings. The minimum absolute atomic E-state index is 0.0637. The zero-order valence-electron chi connectivity index (χ0n) is 18.9. The lowest BCUT2D eigenvalue weighted by molar-refractivity contribution is -0.120. The summed E-state index contributed by atoms with van der Waals surface area (Å²) in [6, 6.07) is 1.09. The van der Waals surface area contributed by atoms with E-state index in [-0.39, 0.29) is 47.2 Å². The molecule has 2 aliphatic carbocycles. The van der Waals surface area contributed by atoms with E-state index < -0.39 is 25.2 Å². The Kier molecular flexibility index (Phi) is 8.24. The number of amidine groups is 1. The molecule has 1 fully saturated rings. The average Bonchev–Trinajstić information content (AvgIpc) is 3.08. The number of alkyl halides is 3. The fraction of sp³-hybridized carbons (Fsp3) is 0.682. The number of nitriles is 1. The van der Waals surface area contributed by atoms with Gasteiger partial charge in [-0.2, -0.15) is 10.3 Å². The SMILES string of the molecule is CC(=O)N[C@@H](C)CO[C@H]1CC[C@H](OC2=NC3=C(C#N)C=C(OCC(F)F)C(F)C3N2C)CC1. The second-order valence-electron chi connectivity index (χ2n) is 8.46. The number of aliphatic imine (C=N–C) groups is 1. The van der Waals surface area contributed by atoms with Crippen LogP contribution in [0.25, 0.3) is 0 Å². The second kappa shape index (κ2) is 10.9. The van der Waals surface area contributed by atoms with Crippen LogP contribution in [-0.2, 0) is 19.0 Å². The number of carbonyl (C=O) groups is 1. The number of ether oxygens (including phenoxy) is 3. The number of nitrogens with one attached hydrogen (secondary N) is 1. The first-order valence-corrected chi connectivity index (χ1v) is 11.0. The number of halogens is 3. The Bertz CT molecular complexity index is 862. The van der Waals surface area contributed by atoms with Gasteiger partial charge in [0.1, 0.15) is 30.6 Å². The van der Waals surface area contributed by atoms with E-state index >= 15 is 4.39 Å². The summed E-state index contributed by atoms with van der Waals surface area (Å²) in [6.45, 7) is 2.82. The fourth-order valence-corrected chi connectivity index (χ4v) is 4.17. The zero-order valence-corrected chi connectivity index (χ0v) is 18.9. The predicted octanol–water partition coefficient (Wildman–Crippen LogP) is 2.82. The van der Waals surface area contributed by atoms with Crippen molar-refractivity contribution in [3.8, 4) is 6.07 Å². The number of hydrogen-bond acceptors (Lipinski definition) is 7. The van der Waals surface area contributed by atoms with Crippen molar-refractivity contribution in [2.45, 2.75) is 76.4 Å². The summed E-state index contributed by atoms with van der Waals surface area (Å²) in [7, 11) is 1.59. The van der Waals surface area contributed by atoms with Gasteiger partial charge in [0.15, 0.2) is 6.17 Å². The van der Waals surface area contributed by atoms with Crippen LogP contribution in [0.15, 0.2) is 28.1 Å². The topological polar surface area (TPSA) is 96.2 Å². The van der Waals surface area contributed by atoms with Gasteiger partial charge in [-0.15, -0.1) is 0 Å². The lowest BCUT2D eigenvalue weighted by Crippen LogP contribution is -2.44.